The normalized spacial score (nSPS) is 11.7. The molecule has 0 atom stereocenters. The number of aryl methyl sites for hydroxylation is 4. The zero-order valence-electron chi connectivity index (χ0n) is 32.9. The zero-order valence-corrected chi connectivity index (χ0v) is 35.3. The summed E-state index contributed by atoms with van der Waals surface area (Å²) < 4.78 is 6.23. The number of rotatable bonds is 3. The zero-order chi connectivity index (χ0) is 37.7. The summed E-state index contributed by atoms with van der Waals surface area (Å²) in [4.78, 5) is 13.9. The molecule has 0 spiro atoms. The van der Waals surface area contributed by atoms with E-state index in [0.717, 1.165) is 50.1 Å². The maximum Gasteiger partial charge on any atom is 0.216 e. The standard InChI is InChI=1S/C33H29N2O.C16H18N.Ir/c1-19-14-23-15-24(33(4,5)6)12-11-22(23)16-28(19)29-17-30(34-18-20(29)2)27-9-7-8-25-26-13-10-21(3)35-32(26)36-31(25)27;1-12-5-7-13(8-6-12)15-10-9-14(11-17-15)16(2,3)4;/h7-8,10-18H,1-6H3;5-7,9-11H,1-4H3;/q2*-1;. The van der Waals surface area contributed by atoms with Crippen LogP contribution in [0.15, 0.2) is 108 Å². The van der Waals surface area contributed by atoms with Crippen LogP contribution in [0.1, 0.15) is 75.1 Å². The number of hydrogen-bond acceptors (Lipinski definition) is 4. The molecule has 4 nitrogen and oxygen atoms in total. The number of aromatic nitrogens is 3. The molecule has 0 aliphatic carbocycles. The van der Waals surface area contributed by atoms with Crippen molar-refractivity contribution in [3.63, 3.8) is 0 Å². The van der Waals surface area contributed by atoms with Gasteiger partial charge in [0, 0.05) is 43.6 Å². The summed E-state index contributed by atoms with van der Waals surface area (Å²) in [5.41, 5.74) is 15.0. The van der Waals surface area contributed by atoms with Gasteiger partial charge < -0.3 is 14.4 Å². The maximum absolute atomic E-state index is 6.23. The fourth-order valence-electron chi connectivity index (χ4n) is 6.68. The van der Waals surface area contributed by atoms with Gasteiger partial charge in [0.15, 0.2) is 0 Å². The molecule has 0 saturated carbocycles. The summed E-state index contributed by atoms with van der Waals surface area (Å²) >= 11 is 0. The molecule has 0 aliphatic rings. The average molecular weight is 886 g/mol. The second-order valence-corrected chi connectivity index (χ2v) is 16.3. The van der Waals surface area contributed by atoms with Gasteiger partial charge in [-0.2, -0.15) is 0 Å². The summed E-state index contributed by atoms with van der Waals surface area (Å²) in [6.07, 6.45) is 3.91. The van der Waals surface area contributed by atoms with Crippen LogP contribution in [0.2, 0.25) is 0 Å². The van der Waals surface area contributed by atoms with E-state index in [-0.39, 0.29) is 30.9 Å². The van der Waals surface area contributed by atoms with Gasteiger partial charge in [-0.15, -0.1) is 53.6 Å². The minimum atomic E-state index is 0. The molecule has 8 rings (SSSR count). The molecule has 0 bridgehead atoms. The molecule has 0 aliphatic heterocycles. The summed E-state index contributed by atoms with van der Waals surface area (Å²) in [5, 5.41) is 4.57. The van der Waals surface area contributed by atoms with Crippen molar-refractivity contribution in [2.75, 3.05) is 0 Å². The third-order valence-corrected chi connectivity index (χ3v) is 10.0. The topological polar surface area (TPSA) is 51.8 Å². The Kier molecular flexibility index (Phi) is 10.8. The Labute approximate surface area is 333 Å². The van der Waals surface area contributed by atoms with Gasteiger partial charge in [-0.1, -0.05) is 102 Å². The van der Waals surface area contributed by atoms with E-state index in [0.29, 0.717) is 5.71 Å². The van der Waals surface area contributed by atoms with Crippen molar-refractivity contribution in [1.82, 2.24) is 15.0 Å². The Morgan fingerprint density at radius 3 is 2.00 bits per heavy atom. The largest absolute Gasteiger partial charge is 0.486 e. The number of nitrogens with zero attached hydrogens (tertiary/aromatic N) is 3. The molecule has 5 heteroatoms. The van der Waals surface area contributed by atoms with E-state index in [9.17, 15) is 0 Å². The van der Waals surface area contributed by atoms with Crippen LogP contribution in [-0.2, 0) is 30.9 Å². The first kappa shape index (κ1) is 38.8. The first-order valence-electron chi connectivity index (χ1n) is 18.3. The van der Waals surface area contributed by atoms with Crippen LogP contribution < -0.4 is 0 Å². The van der Waals surface area contributed by atoms with Crippen LogP contribution in [0.4, 0.5) is 0 Å². The third-order valence-electron chi connectivity index (χ3n) is 10.0. The molecule has 0 amide bonds. The van der Waals surface area contributed by atoms with Crippen molar-refractivity contribution >= 4 is 32.8 Å². The van der Waals surface area contributed by atoms with Crippen LogP contribution >= 0.6 is 0 Å². The van der Waals surface area contributed by atoms with Crippen molar-refractivity contribution < 1.29 is 24.5 Å². The number of pyridine rings is 3. The molecule has 0 unspecified atom stereocenters. The quantitative estimate of drug-likeness (QED) is 0.166. The average Bonchev–Trinajstić information content (AvgIpc) is 3.49. The van der Waals surface area contributed by atoms with Crippen LogP contribution in [0, 0.1) is 39.8 Å². The number of fused-ring (bicyclic) bond motifs is 4. The minimum Gasteiger partial charge on any atom is -0.486 e. The second kappa shape index (κ2) is 15.1. The molecule has 4 aromatic heterocycles. The fourth-order valence-corrected chi connectivity index (χ4v) is 6.68. The number of furan rings is 1. The number of benzene rings is 4. The first-order valence-corrected chi connectivity index (χ1v) is 18.3. The van der Waals surface area contributed by atoms with E-state index >= 15 is 0 Å². The van der Waals surface area contributed by atoms with E-state index in [1.807, 2.05) is 43.6 Å². The van der Waals surface area contributed by atoms with Crippen molar-refractivity contribution in [2.45, 2.75) is 80.1 Å². The fraction of sp³-hybridized carbons (Fsp3) is 0.245. The maximum atomic E-state index is 6.23. The predicted octanol–water partition coefficient (Wildman–Crippen LogP) is 13.0. The van der Waals surface area contributed by atoms with Crippen LogP contribution in [0.25, 0.3) is 66.5 Å². The molecule has 275 valence electrons. The summed E-state index contributed by atoms with van der Waals surface area (Å²) in [7, 11) is 0. The van der Waals surface area contributed by atoms with Crippen molar-refractivity contribution in [2.24, 2.45) is 0 Å². The van der Waals surface area contributed by atoms with E-state index in [2.05, 4.69) is 151 Å². The van der Waals surface area contributed by atoms with E-state index in [1.54, 1.807) is 0 Å². The van der Waals surface area contributed by atoms with Crippen LogP contribution in [-0.4, -0.2) is 15.0 Å². The van der Waals surface area contributed by atoms with E-state index in [4.69, 9.17) is 9.40 Å². The minimum absolute atomic E-state index is 0. The molecule has 54 heavy (non-hydrogen) atoms. The van der Waals surface area contributed by atoms with Crippen LogP contribution in [0.5, 0.6) is 0 Å². The van der Waals surface area contributed by atoms with Gasteiger partial charge in [-0.25, -0.2) is 4.98 Å². The molecule has 4 heterocycles. The third kappa shape index (κ3) is 7.94. The Morgan fingerprint density at radius 2 is 1.31 bits per heavy atom. The summed E-state index contributed by atoms with van der Waals surface area (Å²) in [5.74, 6) is 0. The van der Waals surface area contributed by atoms with Gasteiger partial charge in [0.2, 0.25) is 5.71 Å². The van der Waals surface area contributed by atoms with Crippen LogP contribution in [0.3, 0.4) is 0 Å². The SMILES string of the molecule is Cc1c[c-]c(-c2ccc(C(C)(C)C)cn2)cc1.Cc1ccc2c(n1)oc1c(-c3cc(-c4cc5ccc(C(C)(C)C)cc5cc4C)c(C)cn3)[c-]ccc12.[Ir]. The Balaban J connectivity index is 0.000000233. The molecule has 0 fully saturated rings. The van der Waals surface area contributed by atoms with Gasteiger partial charge >= 0.3 is 0 Å². The van der Waals surface area contributed by atoms with Gasteiger partial charge in [0.05, 0.1) is 5.58 Å². The van der Waals surface area contributed by atoms with Gasteiger partial charge in [-0.05, 0) is 105 Å². The van der Waals surface area contributed by atoms with Gasteiger partial charge in [0.25, 0.3) is 0 Å². The van der Waals surface area contributed by atoms with E-state index in [1.165, 1.54) is 44.2 Å². The predicted molar refractivity (Wildman–Crippen MR) is 221 cm³/mol. The molecule has 4 aromatic carbocycles. The summed E-state index contributed by atoms with van der Waals surface area (Å²) in [6.45, 7) is 21.7. The number of hydrogen-bond donors (Lipinski definition) is 0. The molecule has 0 N–H and O–H groups in total. The second-order valence-electron chi connectivity index (χ2n) is 16.3. The molecular weight excluding hydrogens is 839 g/mol. The first-order chi connectivity index (χ1) is 25.2. The molecular formula is C49H47IrN3O-2. The molecule has 0 saturated heterocycles. The van der Waals surface area contributed by atoms with Crippen molar-refractivity contribution in [1.29, 1.82) is 0 Å². The molecule has 1 radical (unpaired) electrons. The van der Waals surface area contributed by atoms with Gasteiger partial charge in [-0.3, -0.25) is 0 Å². The Morgan fingerprint density at radius 1 is 0.593 bits per heavy atom. The van der Waals surface area contributed by atoms with Crippen molar-refractivity contribution in [3.8, 4) is 33.6 Å². The van der Waals surface area contributed by atoms with E-state index < -0.39 is 0 Å². The summed E-state index contributed by atoms with van der Waals surface area (Å²) in [6, 6.07) is 38.7. The monoisotopic (exact) mass is 886 g/mol. The molecule has 8 aromatic rings. The van der Waals surface area contributed by atoms with Gasteiger partial charge in [0.1, 0.15) is 0 Å². The smallest absolute Gasteiger partial charge is 0.216 e. The van der Waals surface area contributed by atoms with Crippen molar-refractivity contribution in [3.05, 3.63) is 149 Å². The Hall–Kier alpha value is -4.96. The Bertz CT molecular complexity index is 2600.